The molecule has 2 heterocycles. The zero-order valence-electron chi connectivity index (χ0n) is 9.94. The SMILES string of the molecule is O=C(c1ccc(Cl)c(Cl)c1)N1Cc2cccnc2C1. The first-order chi connectivity index (χ1) is 9.15. The molecule has 2 aromatic rings. The lowest BCUT2D eigenvalue weighted by Gasteiger charge is -2.15. The van der Waals surface area contributed by atoms with Crippen LogP contribution in [0, 0.1) is 0 Å². The van der Waals surface area contributed by atoms with Crippen molar-refractivity contribution in [2.75, 3.05) is 0 Å². The van der Waals surface area contributed by atoms with Gasteiger partial charge in [-0.1, -0.05) is 29.3 Å². The van der Waals surface area contributed by atoms with Crippen LogP contribution >= 0.6 is 23.2 Å². The molecular weight excluding hydrogens is 283 g/mol. The third-order valence-corrected chi connectivity index (χ3v) is 3.88. The third-order valence-electron chi connectivity index (χ3n) is 3.14. The van der Waals surface area contributed by atoms with Crippen LogP contribution in [-0.2, 0) is 13.1 Å². The lowest BCUT2D eigenvalue weighted by atomic mass is 10.2. The second-order valence-electron chi connectivity index (χ2n) is 4.40. The topological polar surface area (TPSA) is 33.2 Å². The number of fused-ring (bicyclic) bond motifs is 1. The smallest absolute Gasteiger partial charge is 0.254 e. The normalized spacial score (nSPS) is 13.5. The first-order valence-corrected chi connectivity index (χ1v) is 6.58. The van der Waals surface area contributed by atoms with Gasteiger partial charge in [-0.2, -0.15) is 0 Å². The van der Waals surface area contributed by atoms with Gasteiger partial charge >= 0.3 is 0 Å². The molecule has 0 bridgehead atoms. The van der Waals surface area contributed by atoms with E-state index in [2.05, 4.69) is 4.98 Å². The van der Waals surface area contributed by atoms with E-state index in [0.717, 1.165) is 11.3 Å². The van der Waals surface area contributed by atoms with Gasteiger partial charge < -0.3 is 4.90 Å². The van der Waals surface area contributed by atoms with Crippen molar-refractivity contribution in [2.45, 2.75) is 13.1 Å². The molecular formula is C14H10Cl2N2O. The lowest BCUT2D eigenvalue weighted by molar-refractivity contribution is 0.0750. The summed E-state index contributed by atoms with van der Waals surface area (Å²) in [4.78, 5) is 18.4. The monoisotopic (exact) mass is 292 g/mol. The average Bonchev–Trinajstić information content (AvgIpc) is 2.85. The second kappa shape index (κ2) is 4.83. The Hall–Kier alpha value is -1.58. The van der Waals surface area contributed by atoms with Crippen molar-refractivity contribution in [3.63, 3.8) is 0 Å². The van der Waals surface area contributed by atoms with E-state index in [-0.39, 0.29) is 5.91 Å². The Morgan fingerprint density at radius 1 is 1.16 bits per heavy atom. The van der Waals surface area contributed by atoms with Crippen LogP contribution in [0.1, 0.15) is 21.6 Å². The van der Waals surface area contributed by atoms with E-state index in [0.29, 0.717) is 28.7 Å². The van der Waals surface area contributed by atoms with Crippen molar-refractivity contribution in [2.24, 2.45) is 0 Å². The lowest BCUT2D eigenvalue weighted by Crippen LogP contribution is -2.25. The van der Waals surface area contributed by atoms with E-state index in [9.17, 15) is 4.79 Å². The first-order valence-electron chi connectivity index (χ1n) is 5.82. The molecule has 0 N–H and O–H groups in total. The minimum absolute atomic E-state index is 0.0587. The van der Waals surface area contributed by atoms with Gasteiger partial charge in [0.05, 0.1) is 22.3 Å². The second-order valence-corrected chi connectivity index (χ2v) is 5.21. The highest BCUT2D eigenvalue weighted by Crippen LogP contribution is 2.26. The van der Waals surface area contributed by atoms with Crippen LogP contribution in [0.15, 0.2) is 36.5 Å². The summed E-state index contributed by atoms with van der Waals surface area (Å²) in [5, 5.41) is 0.840. The van der Waals surface area contributed by atoms with Gasteiger partial charge in [-0.25, -0.2) is 0 Å². The highest BCUT2D eigenvalue weighted by Gasteiger charge is 2.25. The van der Waals surface area contributed by atoms with Crippen LogP contribution in [-0.4, -0.2) is 15.8 Å². The van der Waals surface area contributed by atoms with Crippen molar-refractivity contribution >= 4 is 29.1 Å². The van der Waals surface area contributed by atoms with E-state index in [1.54, 1.807) is 29.3 Å². The molecule has 3 nitrogen and oxygen atoms in total. The Balaban J connectivity index is 1.85. The summed E-state index contributed by atoms with van der Waals surface area (Å²) in [6, 6.07) is 8.80. The minimum atomic E-state index is -0.0587. The maximum Gasteiger partial charge on any atom is 0.254 e. The van der Waals surface area contributed by atoms with Gasteiger partial charge in [0.1, 0.15) is 0 Å². The quantitative estimate of drug-likeness (QED) is 0.805. The van der Waals surface area contributed by atoms with Gasteiger partial charge in [0.2, 0.25) is 0 Å². The summed E-state index contributed by atoms with van der Waals surface area (Å²) >= 11 is 11.8. The Morgan fingerprint density at radius 3 is 2.74 bits per heavy atom. The number of halogens is 2. The summed E-state index contributed by atoms with van der Waals surface area (Å²) in [6.45, 7) is 1.12. The predicted octanol–water partition coefficient (Wildman–Crippen LogP) is 3.54. The molecule has 0 radical (unpaired) electrons. The summed E-state index contributed by atoms with van der Waals surface area (Å²) in [6.07, 6.45) is 1.74. The van der Waals surface area contributed by atoms with Gasteiger partial charge in [0, 0.05) is 18.3 Å². The van der Waals surface area contributed by atoms with Gasteiger partial charge in [-0.15, -0.1) is 0 Å². The van der Waals surface area contributed by atoms with E-state index in [4.69, 9.17) is 23.2 Å². The minimum Gasteiger partial charge on any atom is -0.328 e. The Bertz CT molecular complexity index is 633. The first kappa shape index (κ1) is 12.5. The van der Waals surface area contributed by atoms with Gasteiger partial charge in [0.25, 0.3) is 5.91 Å². The van der Waals surface area contributed by atoms with E-state index in [1.807, 2.05) is 12.1 Å². The highest BCUT2D eigenvalue weighted by atomic mass is 35.5. The van der Waals surface area contributed by atoms with Crippen LogP contribution < -0.4 is 0 Å². The molecule has 1 aromatic heterocycles. The Kier molecular flexibility index (Phi) is 3.17. The van der Waals surface area contributed by atoms with E-state index in [1.165, 1.54) is 0 Å². The number of nitrogens with zero attached hydrogens (tertiary/aromatic N) is 2. The third kappa shape index (κ3) is 2.31. The molecule has 1 aromatic carbocycles. The summed E-state index contributed by atoms with van der Waals surface area (Å²) < 4.78 is 0. The van der Waals surface area contributed by atoms with Gasteiger partial charge in [-0.3, -0.25) is 9.78 Å². The van der Waals surface area contributed by atoms with Gasteiger partial charge in [0.15, 0.2) is 0 Å². The van der Waals surface area contributed by atoms with Crippen molar-refractivity contribution in [1.82, 2.24) is 9.88 Å². The fourth-order valence-corrected chi connectivity index (χ4v) is 2.45. The maximum atomic E-state index is 12.4. The standard InChI is InChI=1S/C14H10Cl2N2O/c15-11-4-3-9(6-12(11)16)14(19)18-7-10-2-1-5-17-13(10)8-18/h1-6H,7-8H2. The molecule has 0 fully saturated rings. The van der Waals surface area contributed by atoms with E-state index < -0.39 is 0 Å². The number of rotatable bonds is 1. The average molecular weight is 293 g/mol. The summed E-state index contributed by atoms with van der Waals surface area (Å²) in [7, 11) is 0. The number of hydrogen-bond acceptors (Lipinski definition) is 2. The Morgan fingerprint density at radius 2 is 2.00 bits per heavy atom. The molecule has 1 amide bonds. The summed E-state index contributed by atoms with van der Waals surface area (Å²) in [5.74, 6) is -0.0587. The maximum absolute atomic E-state index is 12.4. The molecule has 1 aliphatic rings. The largest absolute Gasteiger partial charge is 0.328 e. The number of carbonyl (C=O) groups is 1. The van der Waals surface area contributed by atoms with Crippen molar-refractivity contribution < 1.29 is 4.79 Å². The van der Waals surface area contributed by atoms with Crippen LogP contribution in [0.5, 0.6) is 0 Å². The molecule has 5 heteroatoms. The number of amides is 1. The molecule has 0 atom stereocenters. The molecule has 3 rings (SSSR count). The fraction of sp³-hybridized carbons (Fsp3) is 0.143. The van der Waals surface area contributed by atoms with Crippen LogP contribution in [0.4, 0.5) is 0 Å². The molecule has 0 unspecified atom stereocenters. The number of aromatic nitrogens is 1. The molecule has 19 heavy (non-hydrogen) atoms. The van der Waals surface area contributed by atoms with Gasteiger partial charge in [-0.05, 0) is 29.8 Å². The molecule has 0 spiro atoms. The molecule has 0 aliphatic carbocycles. The molecule has 0 saturated carbocycles. The number of carbonyl (C=O) groups excluding carboxylic acids is 1. The number of pyridine rings is 1. The zero-order chi connectivity index (χ0) is 13.4. The number of hydrogen-bond donors (Lipinski definition) is 0. The highest BCUT2D eigenvalue weighted by molar-refractivity contribution is 6.42. The van der Waals surface area contributed by atoms with E-state index >= 15 is 0 Å². The van der Waals surface area contributed by atoms with Crippen molar-refractivity contribution in [3.8, 4) is 0 Å². The summed E-state index contributed by atoms with van der Waals surface area (Å²) in [5.41, 5.74) is 2.59. The van der Waals surface area contributed by atoms with Crippen molar-refractivity contribution in [1.29, 1.82) is 0 Å². The van der Waals surface area contributed by atoms with Crippen LogP contribution in [0.3, 0.4) is 0 Å². The fourth-order valence-electron chi connectivity index (χ4n) is 2.16. The zero-order valence-corrected chi connectivity index (χ0v) is 11.4. The van der Waals surface area contributed by atoms with Crippen LogP contribution in [0.2, 0.25) is 10.0 Å². The Labute approximate surface area is 120 Å². The van der Waals surface area contributed by atoms with Crippen LogP contribution in [0.25, 0.3) is 0 Å². The molecule has 96 valence electrons. The molecule has 1 aliphatic heterocycles. The predicted molar refractivity (Wildman–Crippen MR) is 74.3 cm³/mol. The molecule has 0 saturated heterocycles. The number of benzene rings is 1. The van der Waals surface area contributed by atoms with Crippen molar-refractivity contribution in [3.05, 3.63) is 63.4 Å².